The summed E-state index contributed by atoms with van der Waals surface area (Å²) in [5.74, 6) is -1.12. The minimum Gasteiger partial charge on any atom is -0.477 e. The first-order valence-electron chi connectivity index (χ1n) is 5.29. The number of carboxylic acids is 1. The molecule has 0 fully saturated rings. The highest BCUT2D eigenvalue weighted by Crippen LogP contribution is 2.06. The van der Waals surface area contributed by atoms with Crippen molar-refractivity contribution in [2.45, 2.75) is 13.5 Å². The zero-order chi connectivity index (χ0) is 13.1. The zero-order valence-corrected chi connectivity index (χ0v) is 9.70. The number of carbonyl (C=O) groups is 1. The number of aromatic nitrogens is 3. The summed E-state index contributed by atoms with van der Waals surface area (Å²) in [4.78, 5) is 26.4. The molecule has 0 aliphatic rings. The summed E-state index contributed by atoms with van der Waals surface area (Å²) in [6.45, 7) is 1.86. The first-order valence-corrected chi connectivity index (χ1v) is 5.29. The lowest BCUT2D eigenvalue weighted by atomic mass is 10.2. The van der Waals surface area contributed by atoms with E-state index in [2.05, 4.69) is 10.1 Å². The van der Waals surface area contributed by atoms with Gasteiger partial charge in [-0.1, -0.05) is 6.07 Å². The van der Waals surface area contributed by atoms with E-state index in [0.29, 0.717) is 5.56 Å². The van der Waals surface area contributed by atoms with Gasteiger partial charge in [0.1, 0.15) is 0 Å². The van der Waals surface area contributed by atoms with Crippen molar-refractivity contribution in [2.75, 3.05) is 0 Å². The molecule has 2 aromatic rings. The Hall–Kier alpha value is -2.50. The third-order valence-corrected chi connectivity index (χ3v) is 2.42. The van der Waals surface area contributed by atoms with Gasteiger partial charge in [-0.15, -0.1) is 0 Å². The van der Waals surface area contributed by atoms with E-state index in [-0.39, 0.29) is 17.8 Å². The normalized spacial score (nSPS) is 10.3. The van der Waals surface area contributed by atoms with Gasteiger partial charge in [0, 0.05) is 17.8 Å². The maximum atomic E-state index is 11.7. The Morgan fingerprint density at radius 1 is 1.50 bits per heavy atom. The van der Waals surface area contributed by atoms with Crippen LogP contribution in [0.4, 0.5) is 0 Å². The molecule has 6 nitrogen and oxygen atoms in total. The molecule has 0 spiro atoms. The van der Waals surface area contributed by atoms with Gasteiger partial charge in [-0.25, -0.2) is 14.5 Å². The fourth-order valence-electron chi connectivity index (χ4n) is 1.56. The van der Waals surface area contributed by atoms with Crippen LogP contribution in [0.3, 0.4) is 0 Å². The second-order valence-electron chi connectivity index (χ2n) is 3.85. The lowest BCUT2D eigenvalue weighted by Crippen LogP contribution is -2.23. The third-order valence-electron chi connectivity index (χ3n) is 2.42. The van der Waals surface area contributed by atoms with Crippen LogP contribution in [0.5, 0.6) is 0 Å². The Labute approximate surface area is 103 Å². The van der Waals surface area contributed by atoms with Crippen molar-refractivity contribution in [3.05, 3.63) is 57.8 Å². The van der Waals surface area contributed by atoms with Crippen LogP contribution < -0.4 is 5.56 Å². The van der Waals surface area contributed by atoms with Crippen LogP contribution in [0.15, 0.2) is 35.4 Å². The first-order chi connectivity index (χ1) is 8.58. The van der Waals surface area contributed by atoms with Crippen molar-refractivity contribution < 1.29 is 9.90 Å². The predicted octanol–water partition coefficient (Wildman–Crippen LogP) is 0.693. The smallest absolute Gasteiger partial charge is 0.354 e. The lowest BCUT2D eigenvalue weighted by Gasteiger charge is -2.06. The van der Waals surface area contributed by atoms with Gasteiger partial charge in [0.05, 0.1) is 12.7 Å². The molecule has 6 heteroatoms. The molecule has 0 saturated heterocycles. The highest BCUT2D eigenvalue weighted by Gasteiger charge is 2.12. The van der Waals surface area contributed by atoms with Crippen LogP contribution in [-0.4, -0.2) is 25.8 Å². The molecule has 2 heterocycles. The first kappa shape index (κ1) is 12.0. The molecule has 0 radical (unpaired) electrons. The van der Waals surface area contributed by atoms with Gasteiger partial charge < -0.3 is 5.11 Å². The van der Waals surface area contributed by atoms with Gasteiger partial charge in [0.15, 0.2) is 5.69 Å². The Bertz CT molecular complexity index is 649. The Kier molecular flexibility index (Phi) is 3.18. The second kappa shape index (κ2) is 4.79. The van der Waals surface area contributed by atoms with Crippen LogP contribution in [0.25, 0.3) is 0 Å². The SMILES string of the molecule is Cc1cnn(Cc2cccnc2C(=O)O)c(=O)c1. The van der Waals surface area contributed by atoms with E-state index in [9.17, 15) is 9.59 Å². The van der Waals surface area contributed by atoms with E-state index < -0.39 is 5.97 Å². The van der Waals surface area contributed by atoms with Crippen LogP contribution in [0.1, 0.15) is 21.6 Å². The van der Waals surface area contributed by atoms with Gasteiger partial charge in [0.2, 0.25) is 0 Å². The Balaban J connectivity index is 2.40. The summed E-state index contributed by atoms with van der Waals surface area (Å²) in [5.41, 5.74) is 0.881. The van der Waals surface area contributed by atoms with Crippen molar-refractivity contribution in [1.82, 2.24) is 14.8 Å². The largest absolute Gasteiger partial charge is 0.477 e. The van der Waals surface area contributed by atoms with Crippen molar-refractivity contribution in [3.8, 4) is 0 Å². The molecule has 0 bridgehead atoms. The number of carboxylic acid groups (broad SMARTS) is 1. The average molecular weight is 245 g/mol. The van der Waals surface area contributed by atoms with Gasteiger partial charge in [-0.3, -0.25) is 4.79 Å². The monoisotopic (exact) mass is 245 g/mol. The van der Waals surface area contributed by atoms with Crippen LogP contribution in [0, 0.1) is 6.92 Å². The fourth-order valence-corrected chi connectivity index (χ4v) is 1.56. The molecule has 0 aliphatic heterocycles. The minimum absolute atomic E-state index is 0.0632. The quantitative estimate of drug-likeness (QED) is 0.860. The molecule has 1 N–H and O–H groups in total. The van der Waals surface area contributed by atoms with Crippen LogP contribution in [0.2, 0.25) is 0 Å². The van der Waals surface area contributed by atoms with Crippen molar-refractivity contribution in [3.63, 3.8) is 0 Å². The highest BCUT2D eigenvalue weighted by atomic mass is 16.4. The minimum atomic E-state index is -1.12. The second-order valence-corrected chi connectivity index (χ2v) is 3.85. The molecule has 2 aromatic heterocycles. The van der Waals surface area contributed by atoms with Gasteiger partial charge in [0.25, 0.3) is 5.56 Å². The summed E-state index contributed by atoms with van der Waals surface area (Å²) < 4.78 is 1.20. The molecule has 0 unspecified atom stereocenters. The van der Waals surface area contributed by atoms with Crippen molar-refractivity contribution in [2.24, 2.45) is 0 Å². The Morgan fingerprint density at radius 3 is 2.94 bits per heavy atom. The number of nitrogens with zero attached hydrogens (tertiary/aromatic N) is 3. The molecule has 0 amide bonds. The summed E-state index contributed by atoms with van der Waals surface area (Å²) in [6.07, 6.45) is 2.95. The van der Waals surface area contributed by atoms with E-state index >= 15 is 0 Å². The van der Waals surface area contributed by atoms with Gasteiger partial charge >= 0.3 is 5.97 Å². The molecule has 2 rings (SSSR count). The summed E-state index contributed by atoms with van der Waals surface area (Å²) in [5, 5.41) is 12.9. The lowest BCUT2D eigenvalue weighted by molar-refractivity contribution is 0.0689. The maximum Gasteiger partial charge on any atom is 0.354 e. The predicted molar refractivity (Wildman–Crippen MR) is 63.5 cm³/mol. The van der Waals surface area contributed by atoms with Crippen LogP contribution in [-0.2, 0) is 6.54 Å². The van der Waals surface area contributed by atoms with E-state index in [1.54, 1.807) is 25.3 Å². The topological polar surface area (TPSA) is 85.1 Å². The molecule has 92 valence electrons. The van der Waals surface area contributed by atoms with E-state index in [1.807, 2.05) is 0 Å². The zero-order valence-electron chi connectivity index (χ0n) is 9.70. The van der Waals surface area contributed by atoms with E-state index in [4.69, 9.17) is 5.11 Å². The van der Waals surface area contributed by atoms with E-state index in [0.717, 1.165) is 5.56 Å². The van der Waals surface area contributed by atoms with Gasteiger partial charge in [-0.05, 0) is 18.6 Å². The number of hydrogen-bond acceptors (Lipinski definition) is 4. The standard InChI is InChI=1S/C12H11N3O3/c1-8-5-10(16)15(14-6-8)7-9-3-2-4-13-11(9)12(17)18/h2-6H,7H2,1H3,(H,17,18). The number of aryl methyl sites for hydroxylation is 1. The average Bonchev–Trinajstić information content (AvgIpc) is 2.33. The number of rotatable bonds is 3. The summed E-state index contributed by atoms with van der Waals surface area (Å²) >= 11 is 0. The molecule has 0 saturated carbocycles. The van der Waals surface area contributed by atoms with Crippen molar-refractivity contribution in [1.29, 1.82) is 0 Å². The third kappa shape index (κ3) is 2.42. The van der Waals surface area contributed by atoms with Crippen LogP contribution >= 0.6 is 0 Å². The number of aromatic carboxylic acids is 1. The summed E-state index contributed by atoms with van der Waals surface area (Å²) in [6, 6.07) is 4.69. The molecule has 0 aliphatic carbocycles. The van der Waals surface area contributed by atoms with Gasteiger partial charge in [-0.2, -0.15) is 5.10 Å². The van der Waals surface area contributed by atoms with E-state index in [1.165, 1.54) is 16.9 Å². The Morgan fingerprint density at radius 2 is 2.28 bits per heavy atom. The fraction of sp³-hybridized carbons (Fsp3) is 0.167. The molecular formula is C12H11N3O3. The molecule has 18 heavy (non-hydrogen) atoms. The molecular weight excluding hydrogens is 234 g/mol. The number of hydrogen-bond donors (Lipinski definition) is 1. The highest BCUT2D eigenvalue weighted by molar-refractivity contribution is 5.86. The molecule has 0 atom stereocenters. The summed E-state index contributed by atoms with van der Waals surface area (Å²) in [7, 11) is 0. The molecule has 0 aromatic carbocycles. The van der Waals surface area contributed by atoms with Crippen molar-refractivity contribution >= 4 is 5.97 Å². The maximum absolute atomic E-state index is 11.7. The number of pyridine rings is 1.